The molecule has 0 saturated heterocycles. The summed E-state index contributed by atoms with van der Waals surface area (Å²) in [7, 11) is 0. The standard InChI is InChI=1S/C18H15ClN2O2S/c1-2-12-6-8-13(9-7-12)16(22)11-24-18-21-20-17(23-18)14-4-3-5-15(19)10-14/h3-10H,2,11H2,1H3. The number of carbonyl (C=O) groups excluding carboxylic acids is 1. The molecule has 0 aliphatic carbocycles. The highest BCUT2D eigenvalue weighted by atomic mass is 35.5. The number of hydrogen-bond acceptors (Lipinski definition) is 5. The predicted molar refractivity (Wildman–Crippen MR) is 95.6 cm³/mol. The molecule has 0 aliphatic rings. The molecule has 0 radical (unpaired) electrons. The van der Waals surface area contributed by atoms with E-state index in [0.29, 0.717) is 21.7 Å². The van der Waals surface area contributed by atoms with Crippen LogP contribution in [0.2, 0.25) is 5.02 Å². The second-order valence-corrected chi connectivity index (χ2v) is 6.51. The molecule has 0 unspecified atom stereocenters. The second kappa shape index (κ2) is 7.64. The number of Topliss-reactive ketones (excluding diaryl/α,β-unsaturated/α-hetero) is 1. The van der Waals surface area contributed by atoms with Crippen molar-refractivity contribution in [3.63, 3.8) is 0 Å². The summed E-state index contributed by atoms with van der Waals surface area (Å²) < 4.78 is 5.58. The number of aromatic nitrogens is 2. The second-order valence-electron chi connectivity index (χ2n) is 5.15. The van der Waals surface area contributed by atoms with E-state index >= 15 is 0 Å². The molecular formula is C18H15ClN2O2S. The first-order valence-electron chi connectivity index (χ1n) is 7.50. The number of aryl methyl sites for hydroxylation is 1. The fourth-order valence-corrected chi connectivity index (χ4v) is 2.99. The van der Waals surface area contributed by atoms with Crippen LogP contribution in [0.3, 0.4) is 0 Å². The molecule has 0 atom stereocenters. The summed E-state index contributed by atoms with van der Waals surface area (Å²) in [5, 5.41) is 8.93. The fourth-order valence-electron chi connectivity index (χ4n) is 2.14. The molecule has 0 bridgehead atoms. The summed E-state index contributed by atoms with van der Waals surface area (Å²) in [5.41, 5.74) is 2.65. The lowest BCUT2D eigenvalue weighted by Crippen LogP contribution is -2.02. The van der Waals surface area contributed by atoms with E-state index in [1.165, 1.54) is 17.3 Å². The number of thioether (sulfide) groups is 1. The smallest absolute Gasteiger partial charge is 0.277 e. The average Bonchev–Trinajstić information content (AvgIpc) is 3.09. The molecule has 0 saturated carbocycles. The van der Waals surface area contributed by atoms with Crippen LogP contribution in [0.5, 0.6) is 0 Å². The highest BCUT2D eigenvalue weighted by Crippen LogP contribution is 2.25. The third kappa shape index (κ3) is 4.04. The number of ketones is 1. The Hall–Kier alpha value is -2.11. The van der Waals surface area contributed by atoms with Crippen LogP contribution in [0, 0.1) is 0 Å². The summed E-state index contributed by atoms with van der Waals surface area (Å²) in [5.74, 6) is 0.674. The summed E-state index contributed by atoms with van der Waals surface area (Å²) in [6.45, 7) is 2.08. The van der Waals surface area contributed by atoms with E-state index < -0.39 is 0 Å². The van der Waals surface area contributed by atoms with Gasteiger partial charge in [0.1, 0.15) is 0 Å². The molecule has 0 spiro atoms. The third-order valence-corrected chi connectivity index (χ3v) is 4.54. The van der Waals surface area contributed by atoms with Gasteiger partial charge in [0.15, 0.2) is 5.78 Å². The monoisotopic (exact) mass is 358 g/mol. The van der Waals surface area contributed by atoms with Gasteiger partial charge in [-0.2, -0.15) is 0 Å². The normalized spacial score (nSPS) is 10.8. The zero-order chi connectivity index (χ0) is 16.9. The van der Waals surface area contributed by atoms with Crippen molar-refractivity contribution in [3.8, 4) is 11.5 Å². The Morgan fingerprint density at radius 3 is 2.67 bits per heavy atom. The summed E-state index contributed by atoms with van der Waals surface area (Å²) in [4.78, 5) is 12.2. The van der Waals surface area contributed by atoms with Gasteiger partial charge in [-0.15, -0.1) is 10.2 Å². The van der Waals surface area contributed by atoms with Crippen molar-refractivity contribution < 1.29 is 9.21 Å². The number of nitrogens with zero attached hydrogens (tertiary/aromatic N) is 2. The maximum atomic E-state index is 12.2. The molecule has 3 rings (SSSR count). The van der Waals surface area contributed by atoms with E-state index in [0.717, 1.165) is 12.0 Å². The Morgan fingerprint density at radius 2 is 1.96 bits per heavy atom. The van der Waals surface area contributed by atoms with Crippen molar-refractivity contribution >= 4 is 29.1 Å². The van der Waals surface area contributed by atoms with Crippen molar-refractivity contribution in [3.05, 3.63) is 64.7 Å². The van der Waals surface area contributed by atoms with Crippen LogP contribution in [0.1, 0.15) is 22.8 Å². The Bertz CT molecular complexity index is 846. The Morgan fingerprint density at radius 1 is 1.17 bits per heavy atom. The van der Waals surface area contributed by atoms with Gasteiger partial charge in [-0.05, 0) is 30.2 Å². The average molecular weight is 359 g/mol. The van der Waals surface area contributed by atoms with Gasteiger partial charge >= 0.3 is 0 Å². The first-order chi connectivity index (χ1) is 11.7. The van der Waals surface area contributed by atoms with E-state index in [2.05, 4.69) is 17.1 Å². The lowest BCUT2D eigenvalue weighted by Gasteiger charge is -2.01. The van der Waals surface area contributed by atoms with Crippen molar-refractivity contribution in [2.24, 2.45) is 0 Å². The first kappa shape index (κ1) is 16.7. The zero-order valence-corrected chi connectivity index (χ0v) is 14.6. The van der Waals surface area contributed by atoms with Crippen molar-refractivity contribution in [1.29, 1.82) is 0 Å². The van der Waals surface area contributed by atoms with Crippen molar-refractivity contribution in [1.82, 2.24) is 10.2 Å². The van der Waals surface area contributed by atoms with E-state index in [-0.39, 0.29) is 11.5 Å². The molecule has 24 heavy (non-hydrogen) atoms. The SMILES string of the molecule is CCc1ccc(C(=O)CSc2nnc(-c3cccc(Cl)c3)o2)cc1. The number of halogens is 1. The highest BCUT2D eigenvalue weighted by Gasteiger charge is 2.12. The van der Waals surface area contributed by atoms with Crippen LogP contribution in [-0.4, -0.2) is 21.7 Å². The van der Waals surface area contributed by atoms with Gasteiger partial charge in [0.2, 0.25) is 5.89 Å². The van der Waals surface area contributed by atoms with E-state index in [4.69, 9.17) is 16.0 Å². The lowest BCUT2D eigenvalue weighted by atomic mass is 10.1. The molecule has 0 amide bonds. The van der Waals surface area contributed by atoms with Crippen LogP contribution >= 0.6 is 23.4 Å². The number of benzene rings is 2. The van der Waals surface area contributed by atoms with Gasteiger partial charge in [0.05, 0.1) is 5.75 Å². The van der Waals surface area contributed by atoms with Gasteiger partial charge in [-0.25, -0.2) is 0 Å². The molecule has 1 aromatic heterocycles. The van der Waals surface area contributed by atoms with Crippen LogP contribution in [0.25, 0.3) is 11.5 Å². The summed E-state index contributed by atoms with van der Waals surface area (Å²) in [6, 6.07) is 14.8. The molecule has 0 N–H and O–H groups in total. The van der Waals surface area contributed by atoms with Crippen LogP contribution in [0.4, 0.5) is 0 Å². The topological polar surface area (TPSA) is 56.0 Å². The van der Waals surface area contributed by atoms with Crippen LogP contribution < -0.4 is 0 Å². The molecule has 3 aromatic rings. The number of carbonyl (C=O) groups is 1. The number of rotatable bonds is 6. The highest BCUT2D eigenvalue weighted by molar-refractivity contribution is 7.99. The molecule has 0 fully saturated rings. The maximum Gasteiger partial charge on any atom is 0.277 e. The molecule has 4 nitrogen and oxygen atoms in total. The quantitative estimate of drug-likeness (QED) is 0.462. The minimum Gasteiger partial charge on any atom is -0.411 e. The Balaban J connectivity index is 1.63. The Labute approximate surface area is 149 Å². The lowest BCUT2D eigenvalue weighted by molar-refractivity contribution is 0.102. The van der Waals surface area contributed by atoms with E-state index in [1.54, 1.807) is 12.1 Å². The van der Waals surface area contributed by atoms with Crippen molar-refractivity contribution in [2.75, 3.05) is 5.75 Å². The minimum absolute atomic E-state index is 0.0326. The minimum atomic E-state index is 0.0326. The van der Waals surface area contributed by atoms with Gasteiger partial charge in [0.25, 0.3) is 5.22 Å². The third-order valence-electron chi connectivity index (χ3n) is 3.49. The van der Waals surface area contributed by atoms with E-state index in [9.17, 15) is 4.79 Å². The largest absolute Gasteiger partial charge is 0.411 e. The fraction of sp³-hybridized carbons (Fsp3) is 0.167. The summed E-state index contributed by atoms with van der Waals surface area (Å²) >= 11 is 7.18. The zero-order valence-electron chi connectivity index (χ0n) is 13.0. The van der Waals surface area contributed by atoms with Gasteiger partial charge in [-0.1, -0.05) is 60.6 Å². The van der Waals surface area contributed by atoms with Crippen LogP contribution in [-0.2, 0) is 6.42 Å². The van der Waals surface area contributed by atoms with Crippen molar-refractivity contribution in [2.45, 2.75) is 18.6 Å². The first-order valence-corrected chi connectivity index (χ1v) is 8.86. The molecule has 2 aromatic carbocycles. The molecule has 122 valence electrons. The van der Waals surface area contributed by atoms with Gasteiger partial charge in [-0.3, -0.25) is 4.79 Å². The van der Waals surface area contributed by atoms with Crippen LogP contribution in [0.15, 0.2) is 58.2 Å². The Kier molecular flexibility index (Phi) is 5.33. The molecule has 6 heteroatoms. The van der Waals surface area contributed by atoms with Gasteiger partial charge in [0, 0.05) is 16.1 Å². The number of hydrogen-bond donors (Lipinski definition) is 0. The maximum absolute atomic E-state index is 12.2. The van der Waals surface area contributed by atoms with Gasteiger partial charge < -0.3 is 4.42 Å². The predicted octanol–water partition coefficient (Wildman–Crippen LogP) is 4.93. The van der Waals surface area contributed by atoms with E-state index in [1.807, 2.05) is 36.4 Å². The molecule has 0 aliphatic heterocycles. The molecule has 1 heterocycles. The summed E-state index contributed by atoms with van der Waals surface area (Å²) in [6.07, 6.45) is 0.956. The molecular weight excluding hydrogens is 344 g/mol.